The Morgan fingerprint density at radius 2 is 2.07 bits per heavy atom. The summed E-state index contributed by atoms with van der Waals surface area (Å²) in [6.07, 6.45) is 0. The molecule has 0 bridgehead atoms. The molecule has 2 rings (SSSR count). The molecule has 0 amide bonds. The monoisotopic (exact) mass is 256 g/mol. The van der Waals surface area contributed by atoms with Gasteiger partial charge in [-0.15, -0.1) is 0 Å². The number of benzene rings is 1. The lowest BCUT2D eigenvalue weighted by molar-refractivity contribution is -0.921. The number of ether oxygens (including phenoxy) is 1. The Bertz CT molecular complexity index is 297. The number of nitrogens with one attached hydrogen (secondary N) is 1. The predicted molar refractivity (Wildman–Crippen MR) is 59.4 cm³/mol. The molecule has 0 radical (unpaired) electrons. The van der Waals surface area contributed by atoms with Crippen LogP contribution in [-0.4, -0.2) is 26.3 Å². The van der Waals surface area contributed by atoms with E-state index in [9.17, 15) is 0 Å². The van der Waals surface area contributed by atoms with Crippen LogP contribution in [0.4, 0.5) is 0 Å². The first-order valence-electron chi connectivity index (χ1n) is 5.00. The molecule has 1 heterocycles. The number of morpholine rings is 1. The van der Waals surface area contributed by atoms with Crippen molar-refractivity contribution < 1.29 is 9.64 Å². The molecule has 1 aliphatic heterocycles. The van der Waals surface area contributed by atoms with Gasteiger partial charge in [0, 0.05) is 10.0 Å². The zero-order chi connectivity index (χ0) is 9.80. The molecule has 3 heteroatoms. The predicted octanol–water partition coefficient (Wildman–Crippen LogP) is 0.864. The fourth-order valence-electron chi connectivity index (χ4n) is 1.77. The average molecular weight is 257 g/mol. The molecule has 14 heavy (non-hydrogen) atoms. The van der Waals surface area contributed by atoms with Crippen LogP contribution in [0.1, 0.15) is 5.56 Å². The van der Waals surface area contributed by atoms with Crippen LogP contribution in [0.5, 0.6) is 0 Å². The van der Waals surface area contributed by atoms with Crippen molar-refractivity contribution >= 4 is 15.9 Å². The maximum absolute atomic E-state index is 5.33. The van der Waals surface area contributed by atoms with Gasteiger partial charge in [0.25, 0.3) is 0 Å². The molecule has 76 valence electrons. The van der Waals surface area contributed by atoms with E-state index in [1.807, 2.05) is 0 Å². The zero-order valence-corrected chi connectivity index (χ0v) is 9.72. The third-order valence-corrected chi connectivity index (χ3v) is 3.04. The minimum absolute atomic E-state index is 0.906. The number of halogens is 1. The van der Waals surface area contributed by atoms with Crippen molar-refractivity contribution in [2.75, 3.05) is 26.3 Å². The van der Waals surface area contributed by atoms with E-state index in [4.69, 9.17) is 4.74 Å². The number of rotatable bonds is 2. The quantitative estimate of drug-likeness (QED) is 0.829. The van der Waals surface area contributed by atoms with Crippen LogP contribution in [-0.2, 0) is 11.3 Å². The van der Waals surface area contributed by atoms with Crippen molar-refractivity contribution in [2.24, 2.45) is 0 Å². The molecule has 1 saturated heterocycles. The molecule has 0 saturated carbocycles. The smallest absolute Gasteiger partial charge is 0.103 e. The highest BCUT2D eigenvalue weighted by atomic mass is 79.9. The van der Waals surface area contributed by atoms with E-state index in [1.54, 1.807) is 4.90 Å². The standard InChI is InChI=1S/C11H14BrNO/c12-11-3-1-2-10(8-11)9-13-4-6-14-7-5-13/h1-3,8H,4-7,9H2/p+1. The summed E-state index contributed by atoms with van der Waals surface area (Å²) < 4.78 is 6.50. The van der Waals surface area contributed by atoms with Crippen molar-refractivity contribution in [2.45, 2.75) is 6.54 Å². The first-order valence-corrected chi connectivity index (χ1v) is 5.79. The molecule has 2 nitrogen and oxygen atoms in total. The number of hydrogen-bond acceptors (Lipinski definition) is 1. The second-order valence-corrected chi connectivity index (χ2v) is 4.58. The van der Waals surface area contributed by atoms with Crippen LogP contribution >= 0.6 is 15.9 Å². The van der Waals surface area contributed by atoms with E-state index >= 15 is 0 Å². The SMILES string of the molecule is Brc1cccc(C[NH+]2CCOCC2)c1. The third-order valence-electron chi connectivity index (χ3n) is 2.54. The van der Waals surface area contributed by atoms with Gasteiger partial charge in [0.1, 0.15) is 19.6 Å². The van der Waals surface area contributed by atoms with Gasteiger partial charge in [0.15, 0.2) is 0 Å². The topological polar surface area (TPSA) is 13.7 Å². The number of hydrogen-bond donors (Lipinski definition) is 1. The van der Waals surface area contributed by atoms with Crippen molar-refractivity contribution in [1.29, 1.82) is 0 Å². The lowest BCUT2D eigenvalue weighted by atomic mass is 10.2. The van der Waals surface area contributed by atoms with Gasteiger partial charge < -0.3 is 9.64 Å². The van der Waals surface area contributed by atoms with Gasteiger partial charge in [-0.25, -0.2) is 0 Å². The molecule has 1 aliphatic rings. The van der Waals surface area contributed by atoms with E-state index in [0.717, 1.165) is 32.8 Å². The molecule has 1 aromatic carbocycles. The summed E-state index contributed by atoms with van der Waals surface area (Å²) in [5.41, 5.74) is 1.40. The summed E-state index contributed by atoms with van der Waals surface area (Å²) in [7, 11) is 0. The molecular weight excluding hydrogens is 242 g/mol. The van der Waals surface area contributed by atoms with Gasteiger partial charge in [0.2, 0.25) is 0 Å². The third kappa shape index (κ3) is 2.80. The van der Waals surface area contributed by atoms with Crippen LogP contribution in [0.2, 0.25) is 0 Å². The summed E-state index contributed by atoms with van der Waals surface area (Å²) >= 11 is 3.49. The minimum atomic E-state index is 0.906. The Morgan fingerprint density at radius 1 is 1.29 bits per heavy atom. The second-order valence-electron chi connectivity index (χ2n) is 3.67. The highest BCUT2D eigenvalue weighted by Crippen LogP contribution is 2.10. The molecule has 0 atom stereocenters. The summed E-state index contributed by atoms with van der Waals surface area (Å²) in [4.78, 5) is 1.62. The lowest BCUT2D eigenvalue weighted by Gasteiger charge is -2.23. The summed E-state index contributed by atoms with van der Waals surface area (Å²) in [5, 5.41) is 0. The Balaban J connectivity index is 1.95. The van der Waals surface area contributed by atoms with Crippen molar-refractivity contribution in [3.8, 4) is 0 Å². The fourth-order valence-corrected chi connectivity index (χ4v) is 2.22. The highest BCUT2D eigenvalue weighted by Gasteiger charge is 2.13. The molecule has 1 N–H and O–H groups in total. The summed E-state index contributed by atoms with van der Waals surface area (Å²) in [6.45, 7) is 5.19. The Labute approximate surface area is 93.0 Å². The van der Waals surface area contributed by atoms with E-state index in [1.165, 1.54) is 10.0 Å². The van der Waals surface area contributed by atoms with Crippen LogP contribution in [0.15, 0.2) is 28.7 Å². The van der Waals surface area contributed by atoms with Gasteiger partial charge >= 0.3 is 0 Å². The molecular formula is C11H15BrNO+. The van der Waals surface area contributed by atoms with Gasteiger partial charge in [-0.3, -0.25) is 0 Å². The van der Waals surface area contributed by atoms with Crippen LogP contribution < -0.4 is 4.90 Å². The van der Waals surface area contributed by atoms with Crippen LogP contribution in [0, 0.1) is 0 Å². The minimum Gasteiger partial charge on any atom is -0.370 e. The first-order chi connectivity index (χ1) is 6.84. The Hall–Kier alpha value is -0.380. The zero-order valence-electron chi connectivity index (χ0n) is 8.13. The Morgan fingerprint density at radius 3 is 2.79 bits per heavy atom. The van der Waals surface area contributed by atoms with Crippen LogP contribution in [0.3, 0.4) is 0 Å². The van der Waals surface area contributed by atoms with E-state index in [0.29, 0.717) is 0 Å². The fraction of sp³-hybridized carbons (Fsp3) is 0.455. The maximum atomic E-state index is 5.33. The Kier molecular flexibility index (Phi) is 3.56. The molecule has 1 aromatic rings. The van der Waals surface area contributed by atoms with Crippen molar-refractivity contribution in [3.05, 3.63) is 34.3 Å². The van der Waals surface area contributed by atoms with Gasteiger partial charge in [-0.2, -0.15) is 0 Å². The summed E-state index contributed by atoms with van der Waals surface area (Å²) in [5.74, 6) is 0. The first kappa shape index (κ1) is 10.1. The largest absolute Gasteiger partial charge is 0.370 e. The molecule has 0 aromatic heterocycles. The molecule has 1 fully saturated rings. The van der Waals surface area contributed by atoms with Crippen molar-refractivity contribution in [3.63, 3.8) is 0 Å². The lowest BCUT2D eigenvalue weighted by Crippen LogP contribution is -3.12. The molecule has 0 aliphatic carbocycles. The molecule has 0 spiro atoms. The van der Waals surface area contributed by atoms with E-state index < -0.39 is 0 Å². The molecule has 0 unspecified atom stereocenters. The number of quaternary nitrogens is 1. The second kappa shape index (κ2) is 4.91. The highest BCUT2D eigenvalue weighted by molar-refractivity contribution is 9.10. The normalized spacial score (nSPS) is 18.4. The average Bonchev–Trinajstić information content (AvgIpc) is 2.19. The maximum Gasteiger partial charge on any atom is 0.103 e. The summed E-state index contributed by atoms with van der Waals surface area (Å²) in [6, 6.07) is 8.55. The van der Waals surface area contributed by atoms with Crippen LogP contribution in [0.25, 0.3) is 0 Å². The van der Waals surface area contributed by atoms with Gasteiger partial charge in [-0.1, -0.05) is 28.1 Å². The van der Waals surface area contributed by atoms with Gasteiger partial charge in [0.05, 0.1) is 13.2 Å². The van der Waals surface area contributed by atoms with E-state index in [2.05, 4.69) is 40.2 Å². The van der Waals surface area contributed by atoms with Crippen molar-refractivity contribution in [1.82, 2.24) is 0 Å². The van der Waals surface area contributed by atoms with E-state index in [-0.39, 0.29) is 0 Å². The van der Waals surface area contributed by atoms with Gasteiger partial charge in [-0.05, 0) is 12.1 Å².